The highest BCUT2D eigenvalue weighted by Gasteiger charge is 2.26. The van der Waals surface area contributed by atoms with E-state index in [1.807, 2.05) is 0 Å². The van der Waals surface area contributed by atoms with Gasteiger partial charge in [-0.15, -0.1) is 0 Å². The molecule has 8 N–H and O–H groups in total. The van der Waals surface area contributed by atoms with Gasteiger partial charge in [0.25, 0.3) is 40.3 Å². The molecule has 0 fully saturated rings. The van der Waals surface area contributed by atoms with Crippen LogP contribution >= 0.6 is 0 Å². The number of nitrogens with one attached hydrogen (secondary N) is 4. The van der Waals surface area contributed by atoms with Crippen LogP contribution in [0.4, 0.5) is 27.5 Å². The second-order valence-corrected chi connectivity index (χ2v) is 18.5. The van der Waals surface area contributed by atoms with E-state index in [-0.39, 0.29) is 20.9 Å². The van der Waals surface area contributed by atoms with Gasteiger partial charge in [0.1, 0.15) is 21.3 Å². The van der Waals surface area contributed by atoms with E-state index in [2.05, 4.69) is 10.6 Å². The molecule has 0 heterocycles. The smallest absolute Gasteiger partial charge is 0.342 e. The Balaban J connectivity index is 1.12. The number of aromatic hydroxyl groups is 2. The van der Waals surface area contributed by atoms with E-state index in [0.717, 1.165) is 24.3 Å². The van der Waals surface area contributed by atoms with E-state index in [4.69, 9.17) is 0 Å². The van der Waals surface area contributed by atoms with Gasteiger partial charge >= 0.3 is 6.03 Å². The number of benzene rings is 6. The molecule has 0 bridgehead atoms. The van der Waals surface area contributed by atoms with Crippen molar-refractivity contribution in [1.29, 1.82) is 0 Å². The van der Waals surface area contributed by atoms with Crippen molar-refractivity contribution < 1.29 is 57.8 Å². The number of carbonyl (C=O) groups is 1. The lowest BCUT2D eigenvalue weighted by atomic mass is 10.1. The molecule has 6 aromatic carbocycles. The fourth-order valence-electron chi connectivity index (χ4n) is 5.86. The van der Waals surface area contributed by atoms with Crippen LogP contribution in [0.15, 0.2) is 117 Å². The lowest BCUT2D eigenvalue weighted by molar-refractivity contribution is 0.250. The molecule has 0 aliphatic carbocycles. The van der Waals surface area contributed by atoms with Crippen molar-refractivity contribution in [3.63, 3.8) is 0 Å². The topological polar surface area (TPSA) is 283 Å². The summed E-state index contributed by atoms with van der Waals surface area (Å²) in [5, 5.41) is 27.9. The number of anilines is 4. The van der Waals surface area contributed by atoms with Crippen molar-refractivity contribution in [3.8, 4) is 11.5 Å². The first kappa shape index (κ1) is 39.7. The molecule has 0 aliphatic rings. The molecular weight excluding hydrogens is 813 g/mol. The van der Waals surface area contributed by atoms with E-state index in [1.165, 1.54) is 62.4 Å². The minimum absolute atomic E-state index is 0.180. The van der Waals surface area contributed by atoms with E-state index in [0.29, 0.717) is 44.3 Å². The first-order valence-corrected chi connectivity index (χ1v) is 21.7. The van der Waals surface area contributed by atoms with Crippen LogP contribution in [0.1, 0.15) is 11.1 Å². The molecule has 2 amide bonds. The number of fused-ring (bicyclic) bond motifs is 2. The molecule has 21 heteroatoms. The highest BCUT2D eigenvalue weighted by atomic mass is 32.2. The van der Waals surface area contributed by atoms with Crippen molar-refractivity contribution in [1.82, 2.24) is 9.44 Å². The van der Waals surface area contributed by atoms with Crippen molar-refractivity contribution in [3.05, 3.63) is 108 Å². The van der Waals surface area contributed by atoms with Gasteiger partial charge in [-0.25, -0.2) is 31.1 Å². The average molecular weight is 843 g/mol. The van der Waals surface area contributed by atoms with Gasteiger partial charge in [0.15, 0.2) is 0 Å². The highest BCUT2D eigenvalue weighted by Crippen LogP contribution is 2.33. The molecule has 0 aliphatic heterocycles. The molecule has 0 unspecified atom stereocenters. The minimum Gasteiger partial charge on any atom is -0.506 e. The summed E-state index contributed by atoms with van der Waals surface area (Å²) in [7, 11) is -18.5. The van der Waals surface area contributed by atoms with Gasteiger partial charge in [-0.1, -0.05) is 12.1 Å². The Morgan fingerprint density at radius 1 is 0.446 bits per heavy atom. The number of amides is 2. The third-order valence-corrected chi connectivity index (χ3v) is 13.1. The molecule has 17 nitrogen and oxygen atoms in total. The van der Waals surface area contributed by atoms with Crippen LogP contribution in [0, 0.1) is 13.8 Å². The zero-order valence-electron chi connectivity index (χ0n) is 28.8. The normalized spacial score (nSPS) is 12.4. The van der Waals surface area contributed by atoms with E-state index in [9.17, 15) is 57.8 Å². The molecule has 6 rings (SSSR count). The summed E-state index contributed by atoms with van der Waals surface area (Å²) in [5.41, 5.74) is 2.13. The molecule has 0 spiro atoms. The second kappa shape index (κ2) is 14.3. The third kappa shape index (κ3) is 8.46. The minimum atomic E-state index is -4.65. The number of hydrogen-bond donors (Lipinski definition) is 8. The Morgan fingerprint density at radius 2 is 0.786 bits per heavy atom. The molecule has 292 valence electrons. The van der Waals surface area contributed by atoms with Gasteiger partial charge in [-0.05, 0) is 131 Å². The molecule has 6 aromatic rings. The van der Waals surface area contributed by atoms with Gasteiger partial charge in [-0.2, -0.15) is 16.8 Å². The summed E-state index contributed by atoms with van der Waals surface area (Å²) in [5.74, 6) is -1.31. The van der Waals surface area contributed by atoms with E-state index < -0.39 is 67.6 Å². The lowest BCUT2D eigenvalue weighted by Crippen LogP contribution is -2.42. The summed E-state index contributed by atoms with van der Waals surface area (Å²) < 4.78 is 121. The van der Waals surface area contributed by atoms with Gasteiger partial charge in [0.2, 0.25) is 0 Å². The van der Waals surface area contributed by atoms with Gasteiger partial charge in [0.05, 0.1) is 9.79 Å². The van der Waals surface area contributed by atoms with Crippen molar-refractivity contribution in [2.75, 3.05) is 10.6 Å². The fourth-order valence-corrected chi connectivity index (χ4v) is 9.40. The van der Waals surface area contributed by atoms with Crippen LogP contribution in [0.5, 0.6) is 11.5 Å². The molecular formula is C35H30N4O13S4. The number of urea groups is 1. The second-order valence-electron chi connectivity index (χ2n) is 12.5. The van der Waals surface area contributed by atoms with E-state index in [1.54, 1.807) is 33.7 Å². The maximum atomic E-state index is 13.1. The molecule has 0 saturated heterocycles. The summed E-state index contributed by atoms with van der Waals surface area (Å²) in [6.45, 7) is 2.90. The van der Waals surface area contributed by atoms with Gasteiger partial charge < -0.3 is 20.8 Å². The maximum Gasteiger partial charge on any atom is 0.342 e. The number of sulfonamides is 2. The lowest BCUT2D eigenvalue weighted by Gasteiger charge is -2.14. The zero-order valence-corrected chi connectivity index (χ0v) is 32.1. The first-order valence-electron chi connectivity index (χ1n) is 15.8. The summed E-state index contributed by atoms with van der Waals surface area (Å²) in [6.07, 6.45) is 0. The van der Waals surface area contributed by atoms with Crippen molar-refractivity contribution >= 4 is 90.6 Å². The summed E-state index contributed by atoms with van der Waals surface area (Å²) in [4.78, 5) is 10.8. The van der Waals surface area contributed by atoms with Crippen LogP contribution in [0.25, 0.3) is 21.5 Å². The molecule has 0 aromatic heterocycles. The maximum absolute atomic E-state index is 13.1. The van der Waals surface area contributed by atoms with E-state index >= 15 is 0 Å². The number of aryl methyl sites for hydroxylation is 2. The summed E-state index contributed by atoms with van der Waals surface area (Å²) in [6, 6.07) is 20.4. The average Bonchev–Trinajstić information content (AvgIpc) is 3.05. The number of phenolic OH excluding ortho intramolecular Hbond substituents is 2. The number of carbonyl (C=O) groups excluding carboxylic acids is 1. The monoisotopic (exact) mass is 842 g/mol. The number of rotatable bonds is 10. The number of phenols is 2. The van der Waals surface area contributed by atoms with Crippen LogP contribution in [0.2, 0.25) is 0 Å². The van der Waals surface area contributed by atoms with Crippen molar-refractivity contribution in [2.24, 2.45) is 0 Å². The Kier molecular flexibility index (Phi) is 10.1. The molecule has 56 heavy (non-hydrogen) atoms. The van der Waals surface area contributed by atoms with Crippen LogP contribution in [-0.4, -0.2) is 59.0 Å². The van der Waals surface area contributed by atoms with Crippen LogP contribution < -0.4 is 20.1 Å². The zero-order chi connectivity index (χ0) is 41.0. The predicted octanol–water partition coefficient (Wildman–Crippen LogP) is 5.38. The van der Waals surface area contributed by atoms with Gasteiger partial charge in [-0.3, -0.25) is 9.11 Å². The van der Waals surface area contributed by atoms with Crippen molar-refractivity contribution in [2.45, 2.75) is 33.4 Å². The van der Waals surface area contributed by atoms with Crippen LogP contribution in [-0.2, 0) is 40.3 Å². The highest BCUT2D eigenvalue weighted by molar-refractivity contribution is 7.91. The standard InChI is InChI=1S/C35H30N4O13S4/c1-19-11-25(36-27-5-3-21-17-33(55(47,48)49)29(40)15-23(21)13-27)7-9-31(19)53(43,44)38-35(42)39-54(45,46)32-10-8-26(12-20(32)2)37-28-6-4-22-18-34(56(50,51)52)30(41)16-24(22)14-28/h3-18,36-37,40-41H,1-2H3,(H2,38,39,42)(H,47,48,49)(H,50,51,52). The van der Waals surface area contributed by atoms with Crippen LogP contribution in [0.3, 0.4) is 0 Å². The fraction of sp³-hybridized carbons (Fsp3) is 0.0571. The molecule has 0 saturated carbocycles. The molecule has 0 atom stereocenters. The quantitative estimate of drug-likeness (QED) is 0.0804. The Hall–Kier alpha value is -5.97. The Morgan fingerprint density at radius 3 is 1.12 bits per heavy atom. The first-order chi connectivity index (χ1) is 26.0. The third-order valence-electron chi connectivity index (χ3n) is 8.35. The largest absolute Gasteiger partial charge is 0.506 e. The predicted molar refractivity (Wildman–Crippen MR) is 206 cm³/mol. The number of hydrogen-bond acceptors (Lipinski definition) is 13. The molecule has 0 radical (unpaired) electrons. The SMILES string of the molecule is Cc1cc(Nc2ccc3cc(S(=O)(=O)O)c(O)cc3c2)ccc1S(=O)(=O)NC(=O)NS(=O)(=O)c1ccc(Nc2ccc3cc(S(=O)(=O)O)c(O)cc3c2)cc1C. The summed E-state index contributed by atoms with van der Waals surface area (Å²) >= 11 is 0. The Labute approximate surface area is 320 Å². The van der Waals surface area contributed by atoms with Gasteiger partial charge in [0, 0.05) is 22.7 Å². The Bertz CT molecular complexity index is 2880.